The maximum Gasteiger partial charge on any atom is 0.244 e. The second-order valence-corrected chi connectivity index (χ2v) is 6.65. The van der Waals surface area contributed by atoms with E-state index >= 15 is 0 Å². The van der Waals surface area contributed by atoms with Crippen LogP contribution in [-0.4, -0.2) is 43.7 Å². The smallest absolute Gasteiger partial charge is 0.244 e. The minimum Gasteiger partial charge on any atom is -0.379 e. The van der Waals surface area contributed by atoms with Gasteiger partial charge in [-0.2, -0.15) is 0 Å². The maximum absolute atomic E-state index is 12.5. The molecule has 26 heavy (non-hydrogen) atoms. The molecule has 0 bridgehead atoms. The van der Waals surface area contributed by atoms with Crippen molar-refractivity contribution in [2.24, 2.45) is 0 Å². The van der Waals surface area contributed by atoms with Crippen molar-refractivity contribution in [3.8, 4) is 0 Å². The lowest BCUT2D eigenvalue weighted by molar-refractivity contribution is -0.117. The molecule has 5 heteroatoms. The Morgan fingerprint density at radius 1 is 1.12 bits per heavy atom. The van der Waals surface area contributed by atoms with E-state index < -0.39 is 0 Å². The molecule has 136 valence electrons. The molecule has 1 atom stereocenters. The molecule has 3 rings (SSSR count). The minimum atomic E-state index is -0.132. The van der Waals surface area contributed by atoms with Gasteiger partial charge in [-0.15, -0.1) is 0 Å². The number of hydrogen-bond donors (Lipinski definition) is 1. The predicted octanol–water partition coefficient (Wildman–Crippen LogP) is 3.54. The van der Waals surface area contributed by atoms with Gasteiger partial charge in [0.25, 0.3) is 0 Å². The quantitative estimate of drug-likeness (QED) is 0.791. The molecular formula is C21H23ClN2O2. The third-order valence-electron chi connectivity index (χ3n) is 4.38. The van der Waals surface area contributed by atoms with Crippen LogP contribution < -0.4 is 5.32 Å². The Morgan fingerprint density at radius 3 is 2.54 bits per heavy atom. The summed E-state index contributed by atoms with van der Waals surface area (Å²) in [7, 11) is 0. The van der Waals surface area contributed by atoms with E-state index in [2.05, 4.69) is 10.2 Å². The van der Waals surface area contributed by atoms with E-state index in [0.29, 0.717) is 5.02 Å². The van der Waals surface area contributed by atoms with E-state index in [1.807, 2.05) is 54.6 Å². The largest absolute Gasteiger partial charge is 0.379 e. The minimum absolute atomic E-state index is 0.0716. The molecule has 1 aliphatic heterocycles. The molecule has 4 nitrogen and oxygen atoms in total. The average molecular weight is 371 g/mol. The molecule has 0 aliphatic carbocycles. The first-order valence-corrected chi connectivity index (χ1v) is 9.18. The van der Waals surface area contributed by atoms with Gasteiger partial charge in [0, 0.05) is 30.7 Å². The van der Waals surface area contributed by atoms with Crippen LogP contribution in [0.1, 0.15) is 17.2 Å². The Kier molecular flexibility index (Phi) is 6.83. The van der Waals surface area contributed by atoms with Crippen molar-refractivity contribution in [2.45, 2.75) is 6.04 Å². The first-order chi connectivity index (χ1) is 12.7. The van der Waals surface area contributed by atoms with Crippen LogP contribution in [0.4, 0.5) is 0 Å². The summed E-state index contributed by atoms with van der Waals surface area (Å²) in [6.45, 7) is 4.01. The number of amides is 1. The number of carbonyl (C=O) groups is 1. The highest BCUT2D eigenvalue weighted by Gasteiger charge is 2.19. The zero-order valence-electron chi connectivity index (χ0n) is 14.6. The van der Waals surface area contributed by atoms with Crippen molar-refractivity contribution in [1.29, 1.82) is 0 Å². The topological polar surface area (TPSA) is 41.6 Å². The maximum atomic E-state index is 12.5. The van der Waals surface area contributed by atoms with Gasteiger partial charge in [-0.05, 0) is 23.3 Å². The standard InChI is InChI=1S/C21H23ClN2O2/c22-19-9-5-4-6-17(19)10-11-21(25)23-20(18-7-2-1-3-8-18)16-24-12-14-26-15-13-24/h1-11,20H,12-16H2,(H,23,25)/b11-10+/t20-/m1/s1. The molecule has 0 unspecified atom stereocenters. The molecule has 2 aromatic rings. The molecule has 1 saturated heterocycles. The van der Waals surface area contributed by atoms with Gasteiger partial charge in [0.05, 0.1) is 19.3 Å². The van der Waals surface area contributed by atoms with E-state index in [9.17, 15) is 4.79 Å². The van der Waals surface area contributed by atoms with Gasteiger partial charge in [0.2, 0.25) is 5.91 Å². The normalized spacial score (nSPS) is 16.5. The Morgan fingerprint density at radius 2 is 1.81 bits per heavy atom. The molecule has 0 saturated carbocycles. The van der Waals surface area contributed by atoms with Crippen molar-refractivity contribution in [3.63, 3.8) is 0 Å². The molecule has 1 heterocycles. The summed E-state index contributed by atoms with van der Waals surface area (Å²) in [4.78, 5) is 14.8. The average Bonchev–Trinajstić information content (AvgIpc) is 2.68. The monoisotopic (exact) mass is 370 g/mol. The highest BCUT2D eigenvalue weighted by Crippen LogP contribution is 2.17. The van der Waals surface area contributed by atoms with Crippen LogP contribution in [0.25, 0.3) is 6.08 Å². The van der Waals surface area contributed by atoms with Crippen molar-refractivity contribution in [2.75, 3.05) is 32.8 Å². The number of ether oxygens (including phenoxy) is 1. The Balaban J connectivity index is 1.68. The van der Waals surface area contributed by atoms with Crippen LogP contribution >= 0.6 is 11.6 Å². The Labute approximate surface area is 159 Å². The predicted molar refractivity (Wildman–Crippen MR) is 105 cm³/mol. The van der Waals surface area contributed by atoms with Crippen LogP contribution in [0.3, 0.4) is 0 Å². The molecule has 1 aliphatic rings. The fraction of sp³-hybridized carbons (Fsp3) is 0.286. The van der Waals surface area contributed by atoms with Gasteiger partial charge in [0.1, 0.15) is 0 Å². The number of carbonyl (C=O) groups excluding carboxylic acids is 1. The lowest BCUT2D eigenvalue weighted by atomic mass is 10.1. The van der Waals surface area contributed by atoms with Gasteiger partial charge in [-0.1, -0.05) is 60.1 Å². The summed E-state index contributed by atoms with van der Waals surface area (Å²) < 4.78 is 5.41. The van der Waals surface area contributed by atoms with Crippen molar-refractivity contribution in [3.05, 3.63) is 76.8 Å². The fourth-order valence-corrected chi connectivity index (χ4v) is 3.16. The summed E-state index contributed by atoms with van der Waals surface area (Å²) in [6.07, 6.45) is 3.28. The highest BCUT2D eigenvalue weighted by molar-refractivity contribution is 6.32. The van der Waals surface area contributed by atoms with Crippen LogP contribution in [0.15, 0.2) is 60.7 Å². The summed E-state index contributed by atoms with van der Waals surface area (Å²) in [5, 5.41) is 3.75. The van der Waals surface area contributed by atoms with Crippen LogP contribution in [0, 0.1) is 0 Å². The molecule has 1 amide bonds. The van der Waals surface area contributed by atoms with Gasteiger partial charge < -0.3 is 10.1 Å². The van der Waals surface area contributed by atoms with Crippen molar-refractivity contribution < 1.29 is 9.53 Å². The van der Waals surface area contributed by atoms with Crippen molar-refractivity contribution in [1.82, 2.24) is 10.2 Å². The van der Waals surface area contributed by atoms with Gasteiger partial charge in [-0.25, -0.2) is 0 Å². The lowest BCUT2D eigenvalue weighted by Crippen LogP contribution is -2.42. The highest BCUT2D eigenvalue weighted by atomic mass is 35.5. The first-order valence-electron chi connectivity index (χ1n) is 8.80. The summed E-state index contributed by atoms with van der Waals surface area (Å²) in [5.74, 6) is -0.132. The number of hydrogen-bond acceptors (Lipinski definition) is 3. The Bertz CT molecular complexity index is 743. The van der Waals surface area contributed by atoms with Crippen LogP contribution in [-0.2, 0) is 9.53 Å². The third-order valence-corrected chi connectivity index (χ3v) is 4.73. The molecule has 1 fully saturated rings. The summed E-state index contributed by atoms with van der Waals surface area (Å²) in [6, 6.07) is 17.4. The molecule has 0 radical (unpaired) electrons. The zero-order valence-corrected chi connectivity index (χ0v) is 15.4. The van der Waals surface area contributed by atoms with Crippen LogP contribution in [0.5, 0.6) is 0 Å². The van der Waals surface area contributed by atoms with Gasteiger partial charge >= 0.3 is 0 Å². The van der Waals surface area contributed by atoms with E-state index in [1.54, 1.807) is 6.08 Å². The zero-order chi connectivity index (χ0) is 18.2. The van der Waals surface area contributed by atoms with Gasteiger partial charge in [-0.3, -0.25) is 9.69 Å². The van der Waals surface area contributed by atoms with Crippen molar-refractivity contribution >= 4 is 23.6 Å². The summed E-state index contributed by atoms with van der Waals surface area (Å²) in [5.41, 5.74) is 1.92. The van der Waals surface area contributed by atoms with E-state index in [1.165, 1.54) is 6.08 Å². The molecule has 0 aromatic heterocycles. The first kappa shape index (κ1) is 18.6. The molecule has 2 aromatic carbocycles. The second-order valence-electron chi connectivity index (χ2n) is 6.24. The molecular weight excluding hydrogens is 348 g/mol. The lowest BCUT2D eigenvalue weighted by Gasteiger charge is -2.31. The number of halogens is 1. The Hall–Kier alpha value is -2.14. The number of morpholine rings is 1. The third kappa shape index (κ3) is 5.43. The number of rotatable bonds is 6. The number of benzene rings is 2. The second kappa shape index (κ2) is 9.53. The molecule has 0 spiro atoms. The van der Waals surface area contributed by atoms with E-state index in [4.69, 9.17) is 16.3 Å². The van der Waals surface area contributed by atoms with Crippen LogP contribution in [0.2, 0.25) is 5.02 Å². The fourth-order valence-electron chi connectivity index (χ4n) is 2.96. The number of nitrogens with one attached hydrogen (secondary N) is 1. The SMILES string of the molecule is O=C(/C=C/c1ccccc1Cl)N[C@H](CN1CCOCC1)c1ccccc1. The molecule has 1 N–H and O–H groups in total. The number of nitrogens with zero attached hydrogens (tertiary/aromatic N) is 1. The van der Waals surface area contributed by atoms with E-state index in [-0.39, 0.29) is 11.9 Å². The summed E-state index contributed by atoms with van der Waals surface area (Å²) >= 11 is 6.14. The van der Waals surface area contributed by atoms with E-state index in [0.717, 1.165) is 44.0 Å². The van der Waals surface area contributed by atoms with Gasteiger partial charge in [0.15, 0.2) is 0 Å².